The van der Waals surface area contributed by atoms with E-state index in [1.54, 1.807) is 0 Å². The molecular formula is C112H76N6. The molecule has 6 nitrogen and oxygen atoms in total. The molecule has 0 saturated heterocycles. The molecular weight excluding hydrogens is 1430 g/mol. The summed E-state index contributed by atoms with van der Waals surface area (Å²) in [7, 11) is 0. The third-order valence-electron chi connectivity index (χ3n) is 23.7. The molecule has 23 aromatic rings. The van der Waals surface area contributed by atoms with Gasteiger partial charge in [-0.05, 0) is 236 Å². The lowest BCUT2D eigenvalue weighted by molar-refractivity contribution is 1.15. The van der Waals surface area contributed by atoms with E-state index >= 15 is 0 Å². The molecule has 118 heavy (non-hydrogen) atoms. The minimum Gasteiger partial charge on any atom is -0.310 e. The summed E-state index contributed by atoms with van der Waals surface area (Å²) in [5, 5.41) is 17.1. The number of rotatable bonds is 14. The fourth-order valence-electron chi connectivity index (χ4n) is 18.6. The lowest BCUT2D eigenvalue weighted by atomic mass is 9.93. The summed E-state index contributed by atoms with van der Waals surface area (Å²) in [6.07, 6.45) is 3.80. The highest BCUT2D eigenvalue weighted by atomic mass is 15.1. The van der Waals surface area contributed by atoms with Gasteiger partial charge in [-0.1, -0.05) is 280 Å². The van der Waals surface area contributed by atoms with Crippen molar-refractivity contribution < 1.29 is 0 Å². The van der Waals surface area contributed by atoms with Gasteiger partial charge in [-0.25, -0.2) is 0 Å². The molecule has 0 N–H and O–H groups in total. The Hall–Kier alpha value is -15.8. The third kappa shape index (κ3) is 11.5. The molecule has 0 bridgehead atoms. The van der Waals surface area contributed by atoms with Crippen LogP contribution in [0, 0.1) is 0 Å². The van der Waals surface area contributed by atoms with Gasteiger partial charge in [0.1, 0.15) is 0 Å². The molecule has 0 spiro atoms. The Morgan fingerprint density at radius 3 is 0.932 bits per heavy atom. The molecule has 0 saturated carbocycles. The molecule has 4 aromatic heterocycles. The Labute approximate surface area is 683 Å². The van der Waals surface area contributed by atoms with Crippen molar-refractivity contribution >= 4 is 166 Å². The average molecular weight is 1510 g/mol. The maximum Gasteiger partial charge on any atom is 0.0795 e. The molecule has 19 aromatic carbocycles. The number of nitrogens with zero attached hydrogens (tertiary/aromatic N) is 6. The maximum absolute atomic E-state index is 4.04. The molecule has 0 fully saturated rings. The molecule has 0 amide bonds. The fraction of sp³-hybridized carbons (Fsp3) is 0. The highest BCUT2D eigenvalue weighted by molar-refractivity contribution is 6.30. The van der Waals surface area contributed by atoms with Crippen molar-refractivity contribution in [1.29, 1.82) is 0 Å². The van der Waals surface area contributed by atoms with E-state index in [1.165, 1.54) is 142 Å². The molecule has 554 valence electrons. The van der Waals surface area contributed by atoms with E-state index in [1.807, 2.05) is 12.2 Å². The Kier molecular flexibility index (Phi) is 16.8. The van der Waals surface area contributed by atoms with E-state index < -0.39 is 0 Å². The van der Waals surface area contributed by atoms with Crippen LogP contribution < -0.4 is 9.80 Å². The summed E-state index contributed by atoms with van der Waals surface area (Å²) in [5.74, 6) is 0. The molecule has 6 heteroatoms. The standard InChI is InChI=1S/C56H37N3.C56H39N3/c1-5-17-41(18-6-1)57(42-19-7-2-8-20-42)45-32-34-47-40(36-45)30-29-38-35-39(31-33-46(38)47)50-37-51-48-25-13-15-27-52(48)58(43-21-9-3-10-22-43)55(51)56-54(50)49-26-14-16-28-53(49)59(56)44-23-11-4-12-24-44;1-3-38-17-15-23-45(33-38)57(46-24-16-18-39(4-2)34-46)47-32-31-40-35-42(30-29-41(40)36-47)50-37-51-48-25-11-13-27-52(48)58(43-19-7-5-8-20-43)55(51)56-54(50)49-26-12-14-28-53(49)59(56)44-21-9-6-10-22-44/h1-37H;3-37H,1-2H2. The number of aromatic nitrogens is 4. The second-order valence-corrected chi connectivity index (χ2v) is 30.4. The first-order chi connectivity index (χ1) is 58.5. The number of hydrogen-bond acceptors (Lipinski definition) is 2. The molecule has 0 aliphatic rings. The minimum absolute atomic E-state index is 1.07. The van der Waals surface area contributed by atoms with Gasteiger partial charge in [0.2, 0.25) is 0 Å². The third-order valence-corrected chi connectivity index (χ3v) is 23.7. The second kappa shape index (κ2) is 28.7. The maximum atomic E-state index is 4.04. The predicted octanol–water partition coefficient (Wildman–Crippen LogP) is 30.8. The van der Waals surface area contributed by atoms with E-state index in [0.717, 1.165) is 68.0 Å². The highest BCUT2D eigenvalue weighted by Gasteiger charge is 2.28. The summed E-state index contributed by atoms with van der Waals surface area (Å²) in [5.41, 5.74) is 27.7. The van der Waals surface area contributed by atoms with E-state index in [0.29, 0.717) is 0 Å². The lowest BCUT2D eigenvalue weighted by Gasteiger charge is -2.26. The Balaban J connectivity index is 0.000000142. The quantitative estimate of drug-likeness (QED) is 0.101. The second-order valence-electron chi connectivity index (χ2n) is 30.4. The molecule has 0 aliphatic heterocycles. The van der Waals surface area contributed by atoms with Crippen LogP contribution in [-0.4, -0.2) is 18.3 Å². The van der Waals surface area contributed by atoms with Crippen molar-refractivity contribution in [2.24, 2.45) is 0 Å². The number of anilines is 6. The van der Waals surface area contributed by atoms with E-state index in [4.69, 9.17) is 0 Å². The van der Waals surface area contributed by atoms with Crippen molar-refractivity contribution in [2.45, 2.75) is 0 Å². The highest BCUT2D eigenvalue weighted by Crippen LogP contribution is 2.51. The fourth-order valence-corrected chi connectivity index (χ4v) is 18.6. The van der Waals surface area contributed by atoms with Gasteiger partial charge >= 0.3 is 0 Å². The van der Waals surface area contributed by atoms with Gasteiger partial charge in [-0.2, -0.15) is 0 Å². The van der Waals surface area contributed by atoms with Gasteiger partial charge in [0.15, 0.2) is 0 Å². The van der Waals surface area contributed by atoms with Gasteiger partial charge < -0.3 is 28.1 Å². The van der Waals surface area contributed by atoms with Crippen LogP contribution in [0.2, 0.25) is 0 Å². The average Bonchev–Trinajstić information content (AvgIpc) is 1.54. The van der Waals surface area contributed by atoms with Gasteiger partial charge in [-0.3, -0.25) is 0 Å². The van der Waals surface area contributed by atoms with Crippen molar-refractivity contribution in [2.75, 3.05) is 9.80 Å². The first kappa shape index (κ1) is 69.0. The monoisotopic (exact) mass is 1500 g/mol. The van der Waals surface area contributed by atoms with E-state index in [9.17, 15) is 0 Å². The van der Waals surface area contributed by atoms with Crippen LogP contribution >= 0.6 is 0 Å². The van der Waals surface area contributed by atoms with Crippen LogP contribution in [0.3, 0.4) is 0 Å². The number of benzene rings is 19. The summed E-state index contributed by atoms with van der Waals surface area (Å²) in [4.78, 5) is 4.64. The molecule has 0 atom stereocenters. The van der Waals surface area contributed by atoms with Crippen molar-refractivity contribution in [3.8, 4) is 45.0 Å². The van der Waals surface area contributed by atoms with Crippen molar-refractivity contribution in [1.82, 2.24) is 18.3 Å². The largest absolute Gasteiger partial charge is 0.310 e. The zero-order valence-corrected chi connectivity index (χ0v) is 64.7. The van der Waals surface area contributed by atoms with Gasteiger partial charge in [0.05, 0.1) is 44.1 Å². The zero-order chi connectivity index (χ0) is 78.3. The van der Waals surface area contributed by atoms with Gasteiger partial charge in [-0.15, -0.1) is 0 Å². The zero-order valence-electron chi connectivity index (χ0n) is 64.7. The Morgan fingerprint density at radius 1 is 0.195 bits per heavy atom. The van der Waals surface area contributed by atoms with Crippen LogP contribution in [0.4, 0.5) is 34.1 Å². The summed E-state index contributed by atoms with van der Waals surface area (Å²) in [6, 6.07) is 154. The minimum atomic E-state index is 1.07. The van der Waals surface area contributed by atoms with Gasteiger partial charge in [0, 0.05) is 100.0 Å². The number of para-hydroxylation sites is 10. The Morgan fingerprint density at radius 2 is 0.492 bits per heavy atom. The summed E-state index contributed by atoms with van der Waals surface area (Å²) >= 11 is 0. The van der Waals surface area contributed by atoms with Crippen molar-refractivity contribution in [3.63, 3.8) is 0 Å². The van der Waals surface area contributed by atoms with E-state index in [2.05, 4.69) is 466 Å². The van der Waals surface area contributed by atoms with Crippen LogP contribution in [0.1, 0.15) is 11.1 Å². The number of hydrogen-bond donors (Lipinski definition) is 0. The predicted molar refractivity (Wildman–Crippen MR) is 503 cm³/mol. The first-order valence-corrected chi connectivity index (χ1v) is 40.4. The molecule has 0 aliphatic carbocycles. The lowest BCUT2D eigenvalue weighted by Crippen LogP contribution is -2.10. The van der Waals surface area contributed by atoms with Crippen LogP contribution in [-0.2, 0) is 0 Å². The molecule has 4 heterocycles. The summed E-state index contributed by atoms with van der Waals surface area (Å²) < 4.78 is 9.87. The van der Waals surface area contributed by atoms with Crippen LogP contribution in [0.25, 0.3) is 177 Å². The smallest absolute Gasteiger partial charge is 0.0795 e. The normalized spacial score (nSPS) is 11.6. The summed E-state index contributed by atoms with van der Waals surface area (Å²) in [6.45, 7) is 8.09. The van der Waals surface area contributed by atoms with Gasteiger partial charge in [0.25, 0.3) is 0 Å². The molecule has 0 radical (unpaired) electrons. The van der Waals surface area contributed by atoms with Crippen molar-refractivity contribution in [3.05, 3.63) is 449 Å². The SMILES string of the molecule is C=Cc1cccc(N(c2cccc(C=C)c2)c2ccc3cc(-c4cc5c6ccccc6n(-c6ccccc6)c5c5c4c4ccccc4n5-c4ccccc4)ccc3c2)c1.c1ccc(N(c2ccccc2)c2ccc3c(ccc4cc(-c5cc6c7ccccc7n(-c7ccccc7)c6c6c5c5ccccc5n6-c5ccccc5)ccc43)c2)cc1. The molecule has 23 rings (SSSR count). The first-order valence-electron chi connectivity index (χ1n) is 40.4. The topological polar surface area (TPSA) is 26.2 Å². The van der Waals surface area contributed by atoms with Crippen LogP contribution in [0.15, 0.2) is 438 Å². The number of fused-ring (bicyclic) bond motifs is 18. The Bertz CT molecular complexity index is 7800. The molecule has 0 unspecified atom stereocenters. The van der Waals surface area contributed by atoms with Crippen LogP contribution in [0.5, 0.6) is 0 Å². The van der Waals surface area contributed by atoms with E-state index in [-0.39, 0.29) is 0 Å².